The Bertz CT molecular complexity index is 990. The molecule has 9 heteroatoms. The van der Waals surface area contributed by atoms with Gasteiger partial charge in [-0.2, -0.15) is 0 Å². The van der Waals surface area contributed by atoms with E-state index in [-0.39, 0.29) is 13.6 Å². The maximum Gasteiger partial charge on any atom is 0.271 e. The molecule has 0 saturated heterocycles. The van der Waals surface area contributed by atoms with Crippen LogP contribution in [0.2, 0.25) is 9.36 Å². The summed E-state index contributed by atoms with van der Waals surface area (Å²) in [6.45, 7) is 1.80. The van der Waals surface area contributed by atoms with Gasteiger partial charge in [0.25, 0.3) is 10.0 Å². The maximum atomic E-state index is 12.5. The number of benzene rings is 1. The van der Waals surface area contributed by atoms with Gasteiger partial charge in [-0.3, -0.25) is 4.72 Å². The van der Waals surface area contributed by atoms with Gasteiger partial charge in [-0.15, -0.1) is 11.3 Å². The lowest BCUT2D eigenvalue weighted by molar-refractivity contribution is 0.387. The first-order valence-corrected chi connectivity index (χ1v) is 10.5. The third-order valence-electron chi connectivity index (χ3n) is 3.70. The summed E-state index contributed by atoms with van der Waals surface area (Å²) in [6, 6.07) is 8.81. The van der Waals surface area contributed by atoms with Crippen molar-refractivity contribution in [3.05, 3.63) is 45.9 Å². The molecule has 2 heterocycles. The number of likely N-dealkylation sites (N-methyl/N-ethyl adjacent to an activating group) is 1. The number of sulfonamides is 1. The minimum Gasteiger partial charge on any atom is -0.346 e. The van der Waals surface area contributed by atoms with Gasteiger partial charge in [0.2, 0.25) is 0 Å². The summed E-state index contributed by atoms with van der Waals surface area (Å²) in [4.78, 5) is 2.12. The van der Waals surface area contributed by atoms with Gasteiger partial charge in [0.15, 0.2) is 0 Å². The molecule has 0 amide bonds. The zero-order valence-electron chi connectivity index (χ0n) is 13.7. The molecule has 134 valence electrons. The van der Waals surface area contributed by atoms with E-state index in [9.17, 15) is 8.42 Å². The van der Waals surface area contributed by atoms with Crippen LogP contribution in [0.5, 0.6) is 0 Å². The molecule has 1 N–H and O–H groups in total. The minimum atomic E-state index is -3.71. The molecule has 5 nitrogen and oxygen atoms in total. The van der Waals surface area contributed by atoms with Crippen LogP contribution in [0.3, 0.4) is 0 Å². The van der Waals surface area contributed by atoms with Gasteiger partial charge >= 0.3 is 0 Å². The lowest BCUT2D eigenvalue weighted by Gasteiger charge is -2.11. The summed E-state index contributed by atoms with van der Waals surface area (Å²) in [7, 11) is 0.347. The average Bonchev–Trinajstić information content (AvgIpc) is 3.09. The number of fused-ring (bicyclic) bond motifs is 1. The number of rotatable bonds is 6. The lowest BCUT2D eigenvalue weighted by atomic mass is 10.2. The van der Waals surface area contributed by atoms with Crippen molar-refractivity contribution in [1.82, 2.24) is 9.47 Å². The molecule has 0 atom stereocenters. The highest BCUT2D eigenvalue weighted by molar-refractivity contribution is 7.94. The fourth-order valence-electron chi connectivity index (χ4n) is 2.43. The van der Waals surface area contributed by atoms with Crippen LogP contribution in [0.4, 0.5) is 5.69 Å². The summed E-state index contributed by atoms with van der Waals surface area (Å²) < 4.78 is 30.0. The Morgan fingerprint density at radius 1 is 1.20 bits per heavy atom. The van der Waals surface area contributed by atoms with Crippen molar-refractivity contribution >= 4 is 61.2 Å². The van der Waals surface area contributed by atoms with Crippen LogP contribution in [0.15, 0.2) is 40.7 Å². The monoisotopic (exact) mass is 417 g/mol. The molecular formula is C16H17Cl2N3O2S2. The van der Waals surface area contributed by atoms with E-state index in [2.05, 4.69) is 14.2 Å². The summed E-state index contributed by atoms with van der Waals surface area (Å²) in [5, 5.41) is 1.21. The van der Waals surface area contributed by atoms with Crippen LogP contribution in [0, 0.1) is 0 Å². The average molecular weight is 418 g/mol. The third kappa shape index (κ3) is 4.12. The number of hydrogen-bond donors (Lipinski definition) is 1. The molecule has 0 aliphatic carbocycles. The van der Waals surface area contributed by atoms with Gasteiger partial charge in [-0.25, -0.2) is 8.42 Å². The molecular weight excluding hydrogens is 401 g/mol. The quantitative estimate of drug-likeness (QED) is 0.647. The summed E-state index contributed by atoms with van der Waals surface area (Å²) in [5.74, 6) is 0. The van der Waals surface area contributed by atoms with Crippen LogP contribution >= 0.6 is 34.5 Å². The van der Waals surface area contributed by atoms with E-state index >= 15 is 0 Å². The molecule has 0 radical (unpaired) electrons. The van der Waals surface area contributed by atoms with E-state index in [1.807, 2.05) is 38.5 Å². The summed E-state index contributed by atoms with van der Waals surface area (Å²) in [6.07, 6.45) is 2.01. The summed E-state index contributed by atoms with van der Waals surface area (Å²) in [5.41, 5.74) is 1.56. The molecule has 0 bridgehead atoms. The molecule has 3 rings (SSSR count). The highest BCUT2D eigenvalue weighted by Gasteiger charge is 2.19. The number of nitrogens with one attached hydrogen (secondary N) is 1. The van der Waals surface area contributed by atoms with Crippen LogP contribution in [0.1, 0.15) is 0 Å². The molecule has 1 aromatic carbocycles. The summed E-state index contributed by atoms with van der Waals surface area (Å²) >= 11 is 12.6. The second-order valence-electron chi connectivity index (χ2n) is 5.88. The first-order chi connectivity index (χ1) is 11.8. The highest BCUT2D eigenvalue weighted by atomic mass is 35.5. The van der Waals surface area contributed by atoms with Crippen molar-refractivity contribution in [2.75, 3.05) is 25.4 Å². The highest BCUT2D eigenvalue weighted by Crippen LogP contribution is 2.35. The zero-order valence-corrected chi connectivity index (χ0v) is 16.8. The molecule has 0 spiro atoms. The van der Waals surface area contributed by atoms with Crippen LogP contribution in [0.25, 0.3) is 10.9 Å². The Labute approximate surface area is 160 Å². The van der Waals surface area contributed by atoms with Crippen molar-refractivity contribution in [2.24, 2.45) is 0 Å². The van der Waals surface area contributed by atoms with Crippen molar-refractivity contribution in [3.8, 4) is 0 Å². The van der Waals surface area contributed by atoms with Gasteiger partial charge in [-0.1, -0.05) is 23.2 Å². The Morgan fingerprint density at radius 2 is 1.96 bits per heavy atom. The first kappa shape index (κ1) is 18.5. The fourth-order valence-corrected chi connectivity index (χ4v) is 5.36. The van der Waals surface area contributed by atoms with E-state index in [1.165, 1.54) is 6.07 Å². The largest absolute Gasteiger partial charge is 0.346 e. The van der Waals surface area contributed by atoms with Crippen LogP contribution in [-0.2, 0) is 16.6 Å². The van der Waals surface area contributed by atoms with Gasteiger partial charge in [0.1, 0.15) is 8.55 Å². The molecule has 3 aromatic rings. The normalized spacial score (nSPS) is 12.2. The fraction of sp³-hybridized carbons (Fsp3) is 0.250. The topological polar surface area (TPSA) is 54.3 Å². The van der Waals surface area contributed by atoms with E-state index < -0.39 is 10.0 Å². The van der Waals surface area contributed by atoms with E-state index in [0.29, 0.717) is 5.69 Å². The van der Waals surface area contributed by atoms with Gasteiger partial charge in [0, 0.05) is 35.9 Å². The number of aromatic nitrogens is 1. The predicted octanol–water partition coefficient (Wildman–Crippen LogP) is 4.37. The molecule has 0 saturated carbocycles. The minimum absolute atomic E-state index is 0.0890. The van der Waals surface area contributed by atoms with E-state index in [0.717, 1.165) is 35.3 Å². The van der Waals surface area contributed by atoms with Gasteiger partial charge in [-0.05, 0) is 44.4 Å². The Morgan fingerprint density at radius 3 is 2.60 bits per heavy atom. The number of hydrogen-bond acceptors (Lipinski definition) is 4. The standard InChI is InChI=1S/C16H17Cl2N3O2S2/c1-20(2)7-8-21-6-5-11-9-12(3-4-14(11)21)19-25(22,23)15-10-13(17)16(18)24-15/h3-6,9-10,19H,7-8H2,1-2H3. The van der Waals surface area contributed by atoms with Crippen LogP contribution in [-0.4, -0.2) is 38.5 Å². The second-order valence-corrected chi connectivity index (χ2v) is 9.85. The van der Waals surface area contributed by atoms with Crippen LogP contribution < -0.4 is 4.72 Å². The Balaban J connectivity index is 1.85. The third-order valence-corrected chi connectivity index (χ3v) is 7.42. The molecule has 2 aromatic heterocycles. The Hall–Kier alpha value is -1.25. The zero-order chi connectivity index (χ0) is 18.2. The molecule has 0 fully saturated rings. The van der Waals surface area contributed by atoms with Crippen molar-refractivity contribution in [2.45, 2.75) is 10.8 Å². The first-order valence-electron chi connectivity index (χ1n) is 7.47. The van der Waals surface area contributed by atoms with Gasteiger partial charge in [0.05, 0.1) is 5.02 Å². The number of nitrogens with zero attached hydrogens (tertiary/aromatic N) is 2. The van der Waals surface area contributed by atoms with E-state index in [1.54, 1.807) is 6.07 Å². The van der Waals surface area contributed by atoms with Crippen molar-refractivity contribution in [3.63, 3.8) is 0 Å². The molecule has 0 aliphatic heterocycles. The lowest BCUT2D eigenvalue weighted by Crippen LogP contribution is -2.17. The number of halogens is 2. The molecule has 0 unspecified atom stereocenters. The SMILES string of the molecule is CN(C)CCn1ccc2cc(NS(=O)(=O)c3cc(Cl)c(Cl)s3)ccc21. The predicted molar refractivity (Wildman–Crippen MR) is 106 cm³/mol. The molecule has 0 aliphatic rings. The number of thiophene rings is 1. The number of anilines is 1. The van der Waals surface area contributed by atoms with Crippen molar-refractivity contribution < 1.29 is 8.42 Å². The Kier molecular flexibility index (Phi) is 5.31. The smallest absolute Gasteiger partial charge is 0.271 e. The molecule has 25 heavy (non-hydrogen) atoms. The van der Waals surface area contributed by atoms with E-state index in [4.69, 9.17) is 23.2 Å². The van der Waals surface area contributed by atoms with Crippen molar-refractivity contribution in [1.29, 1.82) is 0 Å². The second kappa shape index (κ2) is 7.17. The maximum absolute atomic E-state index is 12.5. The van der Waals surface area contributed by atoms with Gasteiger partial charge < -0.3 is 9.47 Å².